The topological polar surface area (TPSA) is 45.2 Å². The highest BCUT2D eigenvalue weighted by Crippen LogP contribution is 2.26. The van der Waals surface area contributed by atoms with Gasteiger partial charge in [-0.05, 0) is 44.4 Å². The third kappa shape index (κ3) is 2.90. The summed E-state index contributed by atoms with van der Waals surface area (Å²) in [6.07, 6.45) is 6.22. The van der Waals surface area contributed by atoms with E-state index in [0.717, 1.165) is 19.4 Å². The van der Waals surface area contributed by atoms with E-state index in [9.17, 15) is 4.79 Å². The van der Waals surface area contributed by atoms with Crippen LogP contribution in [0.3, 0.4) is 0 Å². The Labute approximate surface area is 118 Å². The first kappa shape index (κ1) is 12.9. The molecule has 2 unspecified atom stereocenters. The molecule has 0 aliphatic carbocycles. The van der Waals surface area contributed by atoms with Crippen molar-refractivity contribution in [3.63, 3.8) is 0 Å². The highest BCUT2D eigenvalue weighted by atomic mass is 35.5. The molecule has 3 heterocycles. The molecule has 19 heavy (non-hydrogen) atoms. The van der Waals surface area contributed by atoms with Crippen molar-refractivity contribution in [2.75, 3.05) is 13.1 Å². The van der Waals surface area contributed by atoms with E-state index in [1.165, 1.54) is 19.4 Å². The molecule has 0 aromatic carbocycles. The molecule has 5 heteroatoms. The number of rotatable bonds is 2. The van der Waals surface area contributed by atoms with Crippen molar-refractivity contribution < 1.29 is 4.79 Å². The highest BCUT2D eigenvalue weighted by molar-refractivity contribution is 6.30. The fraction of sp³-hybridized carbons (Fsp3) is 0.571. The lowest BCUT2D eigenvalue weighted by molar-refractivity contribution is 0.0891. The largest absolute Gasteiger partial charge is 0.348 e. The van der Waals surface area contributed by atoms with Crippen molar-refractivity contribution >= 4 is 17.5 Å². The number of pyridine rings is 1. The minimum atomic E-state index is -0.112. The van der Waals surface area contributed by atoms with Gasteiger partial charge in [-0.3, -0.25) is 9.78 Å². The number of fused-ring (bicyclic) bond motifs is 1. The molecule has 1 amide bonds. The Morgan fingerprint density at radius 2 is 2.32 bits per heavy atom. The molecule has 0 bridgehead atoms. The molecule has 2 aliphatic rings. The van der Waals surface area contributed by atoms with E-state index in [0.29, 0.717) is 16.8 Å². The van der Waals surface area contributed by atoms with Crippen molar-refractivity contribution in [1.29, 1.82) is 0 Å². The molecular weight excluding hydrogens is 262 g/mol. The van der Waals surface area contributed by atoms with E-state index in [2.05, 4.69) is 15.2 Å². The summed E-state index contributed by atoms with van der Waals surface area (Å²) in [5.74, 6) is -0.112. The van der Waals surface area contributed by atoms with Crippen LogP contribution in [0, 0.1) is 0 Å². The number of carbonyl (C=O) groups excluding carboxylic acids is 1. The van der Waals surface area contributed by atoms with Crippen LogP contribution in [-0.4, -0.2) is 41.0 Å². The van der Waals surface area contributed by atoms with Crippen molar-refractivity contribution in [3.05, 3.63) is 29.0 Å². The number of halogens is 1. The monoisotopic (exact) mass is 279 g/mol. The van der Waals surface area contributed by atoms with Gasteiger partial charge in [0, 0.05) is 29.8 Å². The number of nitrogens with one attached hydrogen (secondary N) is 1. The molecule has 4 nitrogen and oxygen atoms in total. The first-order valence-electron chi connectivity index (χ1n) is 6.89. The summed E-state index contributed by atoms with van der Waals surface area (Å²) in [5, 5.41) is 3.64. The van der Waals surface area contributed by atoms with Crippen molar-refractivity contribution in [2.45, 2.75) is 37.8 Å². The lowest BCUT2D eigenvalue weighted by Crippen LogP contribution is -2.47. The molecule has 3 rings (SSSR count). The predicted molar refractivity (Wildman–Crippen MR) is 74.3 cm³/mol. The average Bonchev–Trinajstić information content (AvgIpc) is 2.86. The van der Waals surface area contributed by atoms with Gasteiger partial charge in [0.25, 0.3) is 5.91 Å². The molecule has 0 radical (unpaired) electrons. The van der Waals surface area contributed by atoms with Gasteiger partial charge in [0.2, 0.25) is 0 Å². The van der Waals surface area contributed by atoms with E-state index >= 15 is 0 Å². The van der Waals surface area contributed by atoms with E-state index in [1.807, 2.05) is 0 Å². The Balaban J connectivity index is 1.61. The van der Waals surface area contributed by atoms with E-state index < -0.39 is 0 Å². The lowest BCUT2D eigenvalue weighted by Gasteiger charge is -2.35. The second-order valence-corrected chi connectivity index (χ2v) is 5.82. The maximum absolute atomic E-state index is 12.1. The van der Waals surface area contributed by atoms with Gasteiger partial charge in [0.1, 0.15) is 5.69 Å². The van der Waals surface area contributed by atoms with Gasteiger partial charge in [-0.15, -0.1) is 0 Å². The smallest absolute Gasteiger partial charge is 0.270 e. The number of carbonyl (C=O) groups is 1. The van der Waals surface area contributed by atoms with Crippen LogP contribution in [-0.2, 0) is 0 Å². The maximum atomic E-state index is 12.1. The minimum Gasteiger partial charge on any atom is -0.348 e. The molecule has 1 aromatic rings. The summed E-state index contributed by atoms with van der Waals surface area (Å²) >= 11 is 5.88. The van der Waals surface area contributed by atoms with Gasteiger partial charge >= 0.3 is 0 Å². The van der Waals surface area contributed by atoms with Gasteiger partial charge < -0.3 is 10.2 Å². The zero-order chi connectivity index (χ0) is 13.2. The van der Waals surface area contributed by atoms with Gasteiger partial charge in [0.15, 0.2) is 0 Å². The van der Waals surface area contributed by atoms with Crippen LogP contribution >= 0.6 is 11.6 Å². The molecule has 1 N–H and O–H groups in total. The Morgan fingerprint density at radius 3 is 3.16 bits per heavy atom. The SMILES string of the molecule is O=C(NC1CCN2CCCC2C1)c1cc(Cl)ccn1. The Kier molecular flexibility index (Phi) is 3.71. The molecule has 102 valence electrons. The number of nitrogens with zero attached hydrogens (tertiary/aromatic N) is 2. The van der Waals surface area contributed by atoms with E-state index in [1.54, 1.807) is 18.3 Å². The Hall–Kier alpha value is -1.13. The van der Waals surface area contributed by atoms with Crippen LogP contribution in [0.1, 0.15) is 36.2 Å². The molecule has 2 atom stereocenters. The fourth-order valence-electron chi connectivity index (χ4n) is 3.14. The molecular formula is C14H18ClN3O. The summed E-state index contributed by atoms with van der Waals surface area (Å²) in [4.78, 5) is 18.7. The summed E-state index contributed by atoms with van der Waals surface area (Å²) < 4.78 is 0. The zero-order valence-electron chi connectivity index (χ0n) is 10.8. The van der Waals surface area contributed by atoms with Crippen molar-refractivity contribution in [3.8, 4) is 0 Å². The van der Waals surface area contributed by atoms with Gasteiger partial charge in [-0.1, -0.05) is 11.6 Å². The number of hydrogen-bond acceptors (Lipinski definition) is 3. The molecule has 1 aromatic heterocycles. The number of hydrogen-bond donors (Lipinski definition) is 1. The molecule has 2 fully saturated rings. The normalized spacial score (nSPS) is 27.0. The third-order valence-corrected chi connectivity index (χ3v) is 4.35. The second-order valence-electron chi connectivity index (χ2n) is 5.39. The fourth-order valence-corrected chi connectivity index (χ4v) is 3.30. The Bertz CT molecular complexity index is 480. The molecule has 2 aliphatic heterocycles. The van der Waals surface area contributed by atoms with Gasteiger partial charge in [0.05, 0.1) is 0 Å². The van der Waals surface area contributed by atoms with Crippen molar-refractivity contribution in [1.82, 2.24) is 15.2 Å². The lowest BCUT2D eigenvalue weighted by atomic mass is 9.97. The van der Waals surface area contributed by atoms with E-state index in [-0.39, 0.29) is 11.9 Å². The Morgan fingerprint density at radius 1 is 1.42 bits per heavy atom. The van der Waals surface area contributed by atoms with Crippen LogP contribution in [0.4, 0.5) is 0 Å². The third-order valence-electron chi connectivity index (χ3n) is 4.11. The summed E-state index contributed by atoms with van der Waals surface area (Å²) in [6, 6.07) is 4.22. The summed E-state index contributed by atoms with van der Waals surface area (Å²) in [5.41, 5.74) is 0.404. The van der Waals surface area contributed by atoms with Gasteiger partial charge in [-0.25, -0.2) is 0 Å². The zero-order valence-corrected chi connectivity index (χ0v) is 11.6. The average molecular weight is 280 g/mol. The van der Waals surface area contributed by atoms with E-state index in [4.69, 9.17) is 11.6 Å². The van der Waals surface area contributed by atoms with Crippen LogP contribution < -0.4 is 5.32 Å². The number of amides is 1. The highest BCUT2D eigenvalue weighted by Gasteiger charge is 2.32. The maximum Gasteiger partial charge on any atom is 0.270 e. The number of piperidine rings is 1. The van der Waals surface area contributed by atoms with Crippen LogP contribution in [0.15, 0.2) is 18.3 Å². The predicted octanol–water partition coefficient (Wildman–Crippen LogP) is 2.09. The minimum absolute atomic E-state index is 0.112. The first-order chi connectivity index (χ1) is 9.22. The van der Waals surface area contributed by atoms with Crippen LogP contribution in [0.5, 0.6) is 0 Å². The quantitative estimate of drug-likeness (QED) is 0.902. The first-order valence-corrected chi connectivity index (χ1v) is 7.26. The standard InChI is InChI=1S/C14H18ClN3O/c15-10-3-5-16-13(8-10)14(19)17-11-4-7-18-6-1-2-12(18)9-11/h3,5,8,11-12H,1-2,4,6-7,9H2,(H,17,19). The molecule has 0 spiro atoms. The molecule has 2 saturated heterocycles. The summed E-state index contributed by atoms with van der Waals surface area (Å²) in [6.45, 7) is 2.32. The van der Waals surface area contributed by atoms with Crippen molar-refractivity contribution in [2.24, 2.45) is 0 Å². The second kappa shape index (κ2) is 5.47. The number of aromatic nitrogens is 1. The van der Waals surface area contributed by atoms with Crippen LogP contribution in [0.2, 0.25) is 5.02 Å². The summed E-state index contributed by atoms with van der Waals surface area (Å²) in [7, 11) is 0. The van der Waals surface area contributed by atoms with Crippen LogP contribution in [0.25, 0.3) is 0 Å². The van der Waals surface area contributed by atoms with Gasteiger partial charge in [-0.2, -0.15) is 0 Å². The molecule has 0 saturated carbocycles.